The van der Waals surface area contributed by atoms with Crippen LogP contribution in [-0.2, 0) is 19.8 Å². The van der Waals surface area contributed by atoms with Crippen LogP contribution in [0, 0.1) is 22.0 Å². The van der Waals surface area contributed by atoms with E-state index in [1.54, 1.807) is 30.3 Å². The van der Waals surface area contributed by atoms with Crippen molar-refractivity contribution in [1.82, 2.24) is 5.43 Å². The lowest BCUT2D eigenvalue weighted by Crippen LogP contribution is -2.54. The van der Waals surface area contributed by atoms with Crippen LogP contribution in [0.5, 0.6) is 0 Å². The van der Waals surface area contributed by atoms with Gasteiger partial charge in [0.2, 0.25) is 11.8 Å². The van der Waals surface area contributed by atoms with E-state index in [9.17, 15) is 29.6 Å². The quantitative estimate of drug-likeness (QED) is 0.142. The van der Waals surface area contributed by atoms with Gasteiger partial charge in [-0.2, -0.15) is 5.10 Å². The molecule has 2 N–H and O–H groups in total. The molecule has 3 atom stereocenters. The van der Waals surface area contributed by atoms with Gasteiger partial charge in [-0.3, -0.25) is 24.5 Å². The van der Waals surface area contributed by atoms with Gasteiger partial charge < -0.3 is 5.11 Å². The molecule has 0 unspecified atom stereocenters. The molecule has 1 heterocycles. The fourth-order valence-electron chi connectivity index (χ4n) is 7.16. The average Bonchev–Trinajstić information content (AvgIpc) is 3.31. The number of hydrogen-bond acceptors (Lipinski definition) is 7. The minimum Gasteiger partial charge on any atom is -0.378 e. The fraction of sp³-hybridized carbons (Fsp3) is 0.152. The molecule has 11 heteroatoms. The van der Waals surface area contributed by atoms with Gasteiger partial charge in [-0.15, -0.1) is 0 Å². The molecule has 1 fully saturated rings. The van der Waals surface area contributed by atoms with Crippen LogP contribution in [0.4, 0.5) is 11.4 Å². The molecule has 1 saturated heterocycles. The first-order valence-corrected chi connectivity index (χ1v) is 14.2. The maximum absolute atomic E-state index is 14.5. The zero-order valence-electron chi connectivity index (χ0n) is 22.8. The second-order valence-electron chi connectivity index (χ2n) is 11.0. The van der Waals surface area contributed by atoms with Crippen molar-refractivity contribution >= 4 is 46.9 Å². The summed E-state index contributed by atoms with van der Waals surface area (Å²) in [5.41, 5.74) is 3.96. The van der Waals surface area contributed by atoms with Crippen LogP contribution in [-0.4, -0.2) is 34.0 Å². The second kappa shape index (κ2) is 10.2. The summed E-state index contributed by atoms with van der Waals surface area (Å²) < 4.78 is 0. The molecule has 0 radical (unpaired) electrons. The lowest BCUT2D eigenvalue weighted by Gasteiger charge is -2.52. The number of aliphatic hydroxyl groups is 1. The number of halogens is 1. The van der Waals surface area contributed by atoms with Crippen molar-refractivity contribution in [3.63, 3.8) is 0 Å². The van der Waals surface area contributed by atoms with E-state index in [1.165, 1.54) is 18.3 Å². The molecule has 10 nitrogen and oxygen atoms in total. The highest BCUT2D eigenvalue weighted by molar-refractivity contribution is 6.31. The number of benzene rings is 4. The Morgan fingerprint density at radius 3 is 2.20 bits per heavy atom. The molecule has 1 aliphatic heterocycles. The van der Waals surface area contributed by atoms with Crippen LogP contribution in [0.2, 0.25) is 5.02 Å². The Kier molecular flexibility index (Phi) is 6.42. The summed E-state index contributed by atoms with van der Waals surface area (Å²) in [6.45, 7) is 0. The molecule has 3 aliphatic carbocycles. The molecule has 218 valence electrons. The third-order valence-corrected chi connectivity index (χ3v) is 9.10. The maximum atomic E-state index is 14.5. The van der Waals surface area contributed by atoms with Crippen molar-refractivity contribution in [3.05, 3.63) is 140 Å². The Bertz CT molecular complexity index is 1860. The highest BCUT2D eigenvalue weighted by Crippen LogP contribution is 2.64. The van der Waals surface area contributed by atoms with Crippen molar-refractivity contribution < 1.29 is 24.4 Å². The van der Waals surface area contributed by atoms with E-state index in [2.05, 4.69) is 10.5 Å². The van der Waals surface area contributed by atoms with Crippen molar-refractivity contribution in [1.29, 1.82) is 0 Å². The predicted octanol–water partition coefficient (Wildman–Crippen LogP) is 4.63. The predicted molar refractivity (Wildman–Crippen MR) is 161 cm³/mol. The lowest BCUT2D eigenvalue weighted by atomic mass is 9.47. The number of aliphatic hydroxyl groups excluding tert-OH is 1. The SMILES string of the molecule is O=C(N/N=C\C12c3ccccc3C(c3ccccc31)[C@@H]1C(=O)N(c3ccc(Cl)cc3[N+](=O)[O-])C(=O)[C@H]12)[C@H](O)c1ccccc1. The molecular weight excluding hydrogens is 584 g/mol. The molecule has 8 rings (SSSR count). The van der Waals surface area contributed by atoms with E-state index in [4.69, 9.17) is 11.6 Å². The zero-order chi connectivity index (χ0) is 30.7. The van der Waals surface area contributed by atoms with Gasteiger partial charge in [0.25, 0.3) is 11.6 Å². The number of hydrazone groups is 1. The average molecular weight is 607 g/mol. The van der Waals surface area contributed by atoms with Crippen molar-refractivity contribution in [2.75, 3.05) is 4.90 Å². The third-order valence-electron chi connectivity index (χ3n) is 8.87. The second-order valence-corrected chi connectivity index (χ2v) is 11.4. The molecule has 4 aliphatic rings. The zero-order valence-corrected chi connectivity index (χ0v) is 23.6. The largest absolute Gasteiger partial charge is 0.378 e. The molecule has 44 heavy (non-hydrogen) atoms. The van der Waals surface area contributed by atoms with Crippen LogP contribution in [0.15, 0.2) is 102 Å². The number of rotatable bonds is 6. The molecule has 3 amide bonds. The Labute approximate surface area is 255 Å². The Hall–Kier alpha value is -5.19. The summed E-state index contributed by atoms with van der Waals surface area (Å²) in [4.78, 5) is 53.9. The van der Waals surface area contributed by atoms with Gasteiger partial charge in [0.1, 0.15) is 5.69 Å². The van der Waals surface area contributed by atoms with Crippen LogP contribution >= 0.6 is 11.6 Å². The van der Waals surface area contributed by atoms with E-state index in [0.717, 1.165) is 33.2 Å². The highest BCUT2D eigenvalue weighted by Gasteiger charge is 2.68. The minimum absolute atomic E-state index is 0.0916. The third kappa shape index (κ3) is 3.84. The monoisotopic (exact) mass is 606 g/mol. The molecule has 0 saturated carbocycles. The first kappa shape index (κ1) is 27.6. The molecule has 4 aromatic rings. The number of amides is 3. The number of anilines is 1. The van der Waals surface area contributed by atoms with E-state index in [1.807, 2.05) is 48.5 Å². The number of hydrogen-bond donors (Lipinski definition) is 2. The van der Waals surface area contributed by atoms with Gasteiger partial charge in [0, 0.05) is 23.2 Å². The maximum Gasteiger partial charge on any atom is 0.294 e. The Balaban J connectivity index is 1.38. The van der Waals surface area contributed by atoms with E-state index in [0.29, 0.717) is 5.56 Å². The van der Waals surface area contributed by atoms with Crippen molar-refractivity contribution in [2.24, 2.45) is 16.9 Å². The normalized spacial score (nSPS) is 23.7. The molecular formula is C33H23ClN4O6. The van der Waals surface area contributed by atoms with Gasteiger partial charge in [-0.05, 0) is 39.9 Å². The van der Waals surface area contributed by atoms with Gasteiger partial charge in [-0.25, -0.2) is 10.3 Å². The van der Waals surface area contributed by atoms with Crippen molar-refractivity contribution in [2.45, 2.75) is 17.4 Å². The van der Waals surface area contributed by atoms with Gasteiger partial charge in [-0.1, -0.05) is 90.5 Å². The number of nitro benzene ring substituents is 1. The Morgan fingerprint density at radius 2 is 1.57 bits per heavy atom. The first-order valence-electron chi connectivity index (χ1n) is 13.8. The number of nitrogens with one attached hydrogen (secondary N) is 1. The van der Waals surface area contributed by atoms with E-state index < -0.39 is 57.6 Å². The summed E-state index contributed by atoms with van der Waals surface area (Å²) in [5.74, 6) is -4.40. The summed E-state index contributed by atoms with van der Waals surface area (Å²) >= 11 is 6.04. The first-order chi connectivity index (χ1) is 21.3. The Morgan fingerprint density at radius 1 is 0.955 bits per heavy atom. The van der Waals surface area contributed by atoms with Crippen molar-refractivity contribution in [3.8, 4) is 0 Å². The summed E-state index contributed by atoms with van der Waals surface area (Å²) in [5, 5.41) is 27.0. The summed E-state index contributed by atoms with van der Waals surface area (Å²) in [7, 11) is 0. The van der Waals surface area contributed by atoms with Gasteiger partial charge >= 0.3 is 0 Å². The van der Waals surface area contributed by atoms with E-state index in [-0.39, 0.29) is 10.7 Å². The molecule has 4 aromatic carbocycles. The molecule has 0 aromatic heterocycles. The lowest BCUT2D eigenvalue weighted by molar-refractivity contribution is -0.384. The number of carbonyl (C=O) groups excluding carboxylic acids is 3. The fourth-order valence-corrected chi connectivity index (χ4v) is 7.33. The highest BCUT2D eigenvalue weighted by atomic mass is 35.5. The van der Waals surface area contributed by atoms with Crippen LogP contribution in [0.25, 0.3) is 0 Å². The number of imide groups is 1. The minimum atomic E-state index is -1.49. The molecule has 2 bridgehead atoms. The number of carbonyl (C=O) groups is 3. The van der Waals surface area contributed by atoms with Gasteiger partial charge in [0.05, 0.1) is 22.2 Å². The number of nitrogens with zero attached hydrogens (tertiary/aromatic N) is 3. The van der Waals surface area contributed by atoms with Crippen LogP contribution in [0.3, 0.4) is 0 Å². The van der Waals surface area contributed by atoms with Crippen LogP contribution in [0.1, 0.15) is 39.8 Å². The number of nitro groups is 1. The molecule has 0 spiro atoms. The summed E-state index contributed by atoms with van der Waals surface area (Å²) in [6, 6.07) is 27.1. The van der Waals surface area contributed by atoms with Gasteiger partial charge in [0.15, 0.2) is 6.10 Å². The topological polar surface area (TPSA) is 142 Å². The standard InChI is InChI=1S/C33H23ClN4O6/c34-19-14-15-24(25(16-19)38(43)44)37-31(41)27-26-20-10-4-6-12-22(20)33(28(27)32(37)42,23-13-7-5-11-21(23)26)17-35-36-30(40)29(39)18-8-2-1-3-9-18/h1-17,26-29,39H,(H,36,40)/b35-17-/t26?,27-,28-,29+,33?/m0/s1. The van der Waals surface area contributed by atoms with Crippen LogP contribution < -0.4 is 10.3 Å². The van der Waals surface area contributed by atoms with E-state index >= 15 is 0 Å². The summed E-state index contributed by atoms with van der Waals surface area (Å²) in [6.07, 6.45) is -0.0333. The smallest absolute Gasteiger partial charge is 0.294 e.